The van der Waals surface area contributed by atoms with Crippen molar-refractivity contribution < 1.29 is 4.42 Å². The number of fused-ring (bicyclic) bond motifs is 1. The van der Waals surface area contributed by atoms with E-state index >= 15 is 0 Å². The minimum Gasteiger partial charge on any atom is -0.404 e. The van der Waals surface area contributed by atoms with Crippen LogP contribution in [0, 0.1) is 12.3 Å². The fourth-order valence-electron chi connectivity index (χ4n) is 4.23. The lowest BCUT2D eigenvalue weighted by atomic mass is 9.63. The highest BCUT2D eigenvalue weighted by molar-refractivity contribution is 5.93. The van der Waals surface area contributed by atoms with Crippen LogP contribution in [0.4, 0.5) is 5.82 Å². The molecule has 2 fully saturated rings. The largest absolute Gasteiger partial charge is 0.404 e. The first-order valence-corrected chi connectivity index (χ1v) is 8.90. The van der Waals surface area contributed by atoms with Crippen molar-refractivity contribution in [3.05, 3.63) is 58.4 Å². The lowest BCUT2D eigenvalue weighted by Gasteiger charge is -2.56. The number of anilines is 1. The number of aromatic nitrogens is 1. The monoisotopic (exact) mass is 332 g/mol. The average Bonchev–Trinajstić information content (AvgIpc) is 2.51. The third-order valence-corrected chi connectivity index (χ3v) is 5.82. The van der Waals surface area contributed by atoms with E-state index < -0.39 is 0 Å². The van der Waals surface area contributed by atoms with Gasteiger partial charge in [0.15, 0.2) is 0 Å². The van der Waals surface area contributed by atoms with Crippen LogP contribution in [0.2, 0.25) is 0 Å². The zero-order chi connectivity index (χ0) is 17.0. The molecule has 1 aliphatic heterocycles. The molecule has 126 valence electrons. The maximum Gasteiger partial charge on any atom is 0.338 e. The first kappa shape index (κ1) is 14.7. The Morgan fingerprint density at radius 2 is 1.88 bits per heavy atom. The van der Waals surface area contributed by atoms with Crippen molar-refractivity contribution in [3.8, 4) is 11.1 Å². The number of hydrogen-bond donors (Lipinski definition) is 0. The topological polar surface area (TPSA) is 46.3 Å². The van der Waals surface area contributed by atoms with Crippen LogP contribution in [0.15, 0.2) is 51.7 Å². The summed E-state index contributed by atoms with van der Waals surface area (Å²) in [5.74, 6) is 0.912. The number of aryl methyl sites for hydroxylation is 1. The summed E-state index contributed by atoms with van der Waals surface area (Å²) in [4.78, 5) is 19.0. The van der Waals surface area contributed by atoms with Gasteiger partial charge in [0.1, 0.15) is 5.82 Å². The zero-order valence-electron chi connectivity index (χ0n) is 14.3. The zero-order valence-corrected chi connectivity index (χ0v) is 14.3. The molecular weight excluding hydrogens is 312 g/mol. The summed E-state index contributed by atoms with van der Waals surface area (Å²) in [5, 5.41) is 0.886. The van der Waals surface area contributed by atoms with Crippen molar-refractivity contribution in [1.82, 2.24) is 4.98 Å². The fraction of sp³-hybridized carbons (Fsp3) is 0.333. The summed E-state index contributed by atoms with van der Waals surface area (Å²) < 4.78 is 5.42. The molecule has 1 saturated heterocycles. The number of benzene rings is 1. The van der Waals surface area contributed by atoms with Crippen LogP contribution < -0.4 is 10.5 Å². The molecular formula is C21H20N2O2. The van der Waals surface area contributed by atoms with Crippen molar-refractivity contribution >= 4 is 16.9 Å². The predicted octanol–water partition coefficient (Wildman–Crippen LogP) is 4.15. The second kappa shape index (κ2) is 5.19. The molecule has 4 nitrogen and oxygen atoms in total. The van der Waals surface area contributed by atoms with Crippen molar-refractivity contribution in [3.63, 3.8) is 0 Å². The Morgan fingerprint density at radius 1 is 1.08 bits per heavy atom. The van der Waals surface area contributed by atoms with Crippen LogP contribution in [-0.4, -0.2) is 18.1 Å². The molecule has 3 heterocycles. The summed E-state index contributed by atoms with van der Waals surface area (Å²) in [7, 11) is 0. The molecule has 4 heteroatoms. The van der Waals surface area contributed by atoms with Crippen molar-refractivity contribution in [2.45, 2.75) is 26.2 Å². The fourth-order valence-corrected chi connectivity index (χ4v) is 4.23. The van der Waals surface area contributed by atoms with Gasteiger partial charge in [-0.2, -0.15) is 4.98 Å². The minimum absolute atomic E-state index is 0.352. The standard InChI is InChI=1S/C21H20N2O2/c1-14-5-2-3-6-15(14)17-11-19(24)25-20-16(17)7-8-18(22-20)23-12-21(13-23)9-4-10-21/h2-3,5-8,11H,4,9-10,12-13H2,1H3. The maximum atomic E-state index is 12.1. The van der Waals surface area contributed by atoms with Crippen LogP contribution in [-0.2, 0) is 0 Å². The summed E-state index contributed by atoms with van der Waals surface area (Å²) in [6.07, 6.45) is 4.03. The van der Waals surface area contributed by atoms with E-state index in [1.54, 1.807) is 6.07 Å². The Balaban J connectivity index is 1.59. The van der Waals surface area contributed by atoms with Crippen molar-refractivity contribution in [2.24, 2.45) is 5.41 Å². The number of hydrogen-bond acceptors (Lipinski definition) is 4. The smallest absolute Gasteiger partial charge is 0.338 e. The first-order valence-electron chi connectivity index (χ1n) is 8.90. The van der Waals surface area contributed by atoms with Gasteiger partial charge in [-0.15, -0.1) is 0 Å². The van der Waals surface area contributed by atoms with Crippen LogP contribution in [0.1, 0.15) is 24.8 Å². The Bertz CT molecular complexity index is 1030. The lowest BCUT2D eigenvalue weighted by Crippen LogP contribution is -2.60. The Labute approximate surface area is 146 Å². The van der Waals surface area contributed by atoms with E-state index in [0.29, 0.717) is 11.1 Å². The molecule has 0 atom stereocenters. The molecule has 0 radical (unpaired) electrons. The molecule has 2 aliphatic rings. The molecule has 1 aliphatic carbocycles. The summed E-state index contributed by atoms with van der Waals surface area (Å²) in [6.45, 7) is 4.20. The number of rotatable bonds is 2. The minimum atomic E-state index is -0.352. The molecule has 1 aromatic carbocycles. The average molecular weight is 332 g/mol. The number of pyridine rings is 1. The molecule has 2 aromatic heterocycles. The normalized spacial score (nSPS) is 18.2. The second-order valence-corrected chi connectivity index (χ2v) is 7.53. The van der Waals surface area contributed by atoms with Crippen LogP contribution >= 0.6 is 0 Å². The van der Waals surface area contributed by atoms with E-state index in [4.69, 9.17) is 4.42 Å². The third-order valence-electron chi connectivity index (χ3n) is 5.82. The molecule has 0 N–H and O–H groups in total. The molecule has 3 aromatic rings. The molecule has 1 spiro atoms. The highest BCUT2D eigenvalue weighted by Gasteiger charge is 2.47. The Hall–Kier alpha value is -2.62. The highest BCUT2D eigenvalue weighted by atomic mass is 16.4. The van der Waals surface area contributed by atoms with Crippen LogP contribution in [0.25, 0.3) is 22.2 Å². The number of nitrogens with zero attached hydrogens (tertiary/aromatic N) is 2. The molecule has 1 saturated carbocycles. The maximum absolute atomic E-state index is 12.1. The van der Waals surface area contributed by atoms with Crippen LogP contribution in [0.5, 0.6) is 0 Å². The van der Waals surface area contributed by atoms with Crippen molar-refractivity contribution in [1.29, 1.82) is 0 Å². The van der Waals surface area contributed by atoms with Gasteiger partial charge in [-0.25, -0.2) is 4.79 Å². The lowest BCUT2D eigenvalue weighted by molar-refractivity contribution is 0.0897. The van der Waals surface area contributed by atoms with Gasteiger partial charge in [-0.1, -0.05) is 30.7 Å². The van der Waals surface area contributed by atoms with Gasteiger partial charge in [0.2, 0.25) is 5.71 Å². The Morgan fingerprint density at radius 3 is 2.60 bits per heavy atom. The highest BCUT2D eigenvalue weighted by Crippen LogP contribution is 2.49. The van der Waals surface area contributed by atoms with Gasteiger partial charge in [0, 0.05) is 35.5 Å². The SMILES string of the molecule is Cc1ccccc1-c1cc(=O)oc2nc(N3CC4(CCC4)C3)ccc12. The van der Waals surface area contributed by atoms with Crippen LogP contribution in [0.3, 0.4) is 0 Å². The molecule has 5 rings (SSSR count). The van der Waals surface area contributed by atoms with E-state index in [1.165, 1.54) is 19.3 Å². The molecule has 0 bridgehead atoms. The second-order valence-electron chi connectivity index (χ2n) is 7.53. The molecule has 25 heavy (non-hydrogen) atoms. The Kier molecular flexibility index (Phi) is 3.05. The predicted molar refractivity (Wildman–Crippen MR) is 98.9 cm³/mol. The van der Waals surface area contributed by atoms with Gasteiger partial charge in [-0.3, -0.25) is 0 Å². The molecule has 0 amide bonds. The van der Waals surface area contributed by atoms with Gasteiger partial charge in [0.25, 0.3) is 0 Å². The summed E-state index contributed by atoms with van der Waals surface area (Å²) in [5.41, 5.74) is 3.69. The van der Waals surface area contributed by atoms with E-state index in [1.807, 2.05) is 24.3 Å². The van der Waals surface area contributed by atoms with Gasteiger partial charge >= 0.3 is 5.63 Å². The van der Waals surface area contributed by atoms with Gasteiger partial charge in [-0.05, 0) is 43.0 Å². The van der Waals surface area contributed by atoms with E-state index in [9.17, 15) is 4.79 Å². The molecule has 0 unspecified atom stereocenters. The third kappa shape index (κ3) is 2.28. The van der Waals surface area contributed by atoms with E-state index in [2.05, 4.69) is 28.9 Å². The quantitative estimate of drug-likeness (QED) is 0.707. The van der Waals surface area contributed by atoms with Gasteiger partial charge in [0.05, 0.1) is 0 Å². The van der Waals surface area contributed by atoms with Crippen molar-refractivity contribution in [2.75, 3.05) is 18.0 Å². The summed E-state index contributed by atoms with van der Waals surface area (Å²) in [6, 6.07) is 13.7. The van der Waals surface area contributed by atoms with E-state index in [-0.39, 0.29) is 5.63 Å². The first-order chi connectivity index (χ1) is 12.1. The van der Waals surface area contributed by atoms with Gasteiger partial charge < -0.3 is 9.32 Å². The van der Waals surface area contributed by atoms with E-state index in [0.717, 1.165) is 41.0 Å². The summed E-state index contributed by atoms with van der Waals surface area (Å²) >= 11 is 0.